The highest BCUT2D eigenvalue weighted by Gasteiger charge is 2.41. The number of rotatable bonds is 16. The second-order valence-corrected chi connectivity index (χ2v) is 20.3. The fourth-order valence-electron chi connectivity index (χ4n) is 8.49. The van der Waals surface area contributed by atoms with Gasteiger partial charge in [0.2, 0.25) is 35.4 Å². The molecule has 2 saturated heterocycles. The molecule has 1 aromatic rings. The Morgan fingerprint density at radius 2 is 1.25 bits per heavy atom. The van der Waals surface area contributed by atoms with Crippen molar-refractivity contribution in [1.82, 2.24) is 42.3 Å². The number of nitrogens with one attached hydrogen (secondary N) is 7. The first-order valence-electron chi connectivity index (χ1n) is 24.8. The number of hydrazine groups is 1. The number of thioether (sulfide) groups is 1. The molecule has 0 saturated carbocycles. The number of hydrogen-bond acceptors (Lipinski definition) is 14. The summed E-state index contributed by atoms with van der Waals surface area (Å²) in [5.41, 5.74) is 26.0. The molecule has 2 unspecified atom stereocenters. The Morgan fingerprint density at radius 3 is 1.83 bits per heavy atom. The van der Waals surface area contributed by atoms with Crippen molar-refractivity contribution in [2.24, 2.45) is 56.6 Å². The average molecular weight is 1030 g/mol. The van der Waals surface area contributed by atoms with E-state index in [-0.39, 0.29) is 86.8 Å². The smallest absolute Gasteiger partial charge is 0.243 e. The number of aromatic hydroxyl groups is 1. The number of Topliss-reactive ketones (excluding diaryl/α,β-unsaturated/α-hetero) is 2. The molecule has 2 heterocycles. The number of nitrogens with zero attached hydrogens (tertiary/aromatic N) is 3. The van der Waals surface area contributed by atoms with Gasteiger partial charge in [-0.3, -0.25) is 48.3 Å². The number of aliphatic imine (C=N–C) groups is 2. The molecule has 2 aliphatic heterocycles. The van der Waals surface area contributed by atoms with E-state index in [1.165, 1.54) is 23.9 Å². The van der Waals surface area contributed by atoms with Crippen LogP contribution in [0, 0.1) is 23.7 Å². The molecule has 9 atom stereocenters. The van der Waals surface area contributed by atoms with E-state index in [1.54, 1.807) is 44.8 Å². The van der Waals surface area contributed by atoms with Gasteiger partial charge in [-0.15, -0.1) is 0 Å². The molecule has 72 heavy (non-hydrogen) atoms. The van der Waals surface area contributed by atoms with Crippen molar-refractivity contribution in [2.45, 2.75) is 142 Å². The Hall–Kier alpha value is -6.01. The van der Waals surface area contributed by atoms with Crippen molar-refractivity contribution in [2.75, 3.05) is 38.2 Å². The molecule has 0 spiro atoms. The minimum absolute atomic E-state index is 0.0101. The third kappa shape index (κ3) is 19.9. The SMILES string of the molecule is CSCC[C@@H]1NC(=O)[C@H](CC(C)C)NC(=O)CNC(=O)[C@H](CCCN=C(N)N)NC(=O)[C@H](C(C)C)NC(=O)[C@H](Cc2ccc(O)cc2)NC(=O)[C@H](CCCN=C(N)N)NN2CCC[C@H]2C(=O)C(C)C(C)C1=O. The van der Waals surface area contributed by atoms with Gasteiger partial charge in [-0.25, -0.2) is 10.4 Å². The van der Waals surface area contributed by atoms with Crippen LogP contribution in [0.15, 0.2) is 34.3 Å². The largest absolute Gasteiger partial charge is 0.508 e. The van der Waals surface area contributed by atoms with Gasteiger partial charge in [-0.1, -0.05) is 53.7 Å². The molecular weight excluding hydrogens is 949 g/mol. The van der Waals surface area contributed by atoms with Gasteiger partial charge in [0.1, 0.15) is 36.0 Å². The summed E-state index contributed by atoms with van der Waals surface area (Å²) in [7, 11) is 0. The highest BCUT2D eigenvalue weighted by atomic mass is 32.2. The van der Waals surface area contributed by atoms with Crippen LogP contribution in [0.3, 0.4) is 0 Å². The van der Waals surface area contributed by atoms with E-state index in [0.29, 0.717) is 37.1 Å². The predicted octanol–water partition coefficient (Wildman–Crippen LogP) is -1.20. The zero-order valence-electron chi connectivity index (χ0n) is 42.8. The summed E-state index contributed by atoms with van der Waals surface area (Å²) in [6.07, 6.45) is 3.93. The molecule has 0 bridgehead atoms. The fraction of sp³-hybridized carbons (Fsp3) is 0.667. The number of guanidine groups is 2. The second-order valence-electron chi connectivity index (χ2n) is 19.3. The lowest BCUT2D eigenvalue weighted by atomic mass is 9.82. The monoisotopic (exact) mass is 1030 g/mol. The molecule has 1 aromatic carbocycles. The number of fused-ring (bicyclic) bond motifs is 1. The zero-order valence-corrected chi connectivity index (χ0v) is 43.6. The molecule has 3 rings (SSSR count). The first-order valence-corrected chi connectivity index (χ1v) is 26.2. The number of nitrogens with two attached hydrogens (primary N) is 4. The number of amides is 6. The summed E-state index contributed by atoms with van der Waals surface area (Å²) in [5, 5.41) is 28.2. The molecule has 0 aromatic heterocycles. The molecule has 23 nitrogen and oxygen atoms in total. The van der Waals surface area contributed by atoms with Crippen LogP contribution in [0.2, 0.25) is 0 Å². The van der Waals surface area contributed by atoms with E-state index in [9.17, 15) is 43.5 Å². The van der Waals surface area contributed by atoms with Gasteiger partial charge >= 0.3 is 0 Å². The van der Waals surface area contributed by atoms with Gasteiger partial charge < -0.3 is 59.9 Å². The molecular formula is C48H80N14O9S. The van der Waals surface area contributed by atoms with E-state index in [1.807, 2.05) is 20.1 Å². The Morgan fingerprint density at radius 1 is 0.694 bits per heavy atom. The molecule has 2 aliphatic rings. The van der Waals surface area contributed by atoms with E-state index in [4.69, 9.17) is 22.9 Å². The average Bonchev–Trinajstić information content (AvgIpc) is 3.79. The molecule has 0 radical (unpaired) electrons. The Labute approximate surface area is 427 Å². The third-order valence-electron chi connectivity index (χ3n) is 12.7. The minimum Gasteiger partial charge on any atom is -0.508 e. The number of phenolic OH excluding ortho intramolecular Hbond substituents is 1. The molecule has 0 aliphatic carbocycles. The van der Waals surface area contributed by atoms with Crippen LogP contribution < -0.4 is 60.3 Å². The fourth-order valence-corrected chi connectivity index (χ4v) is 8.96. The maximum atomic E-state index is 14.6. The van der Waals surface area contributed by atoms with Crippen molar-refractivity contribution >= 4 is 70.7 Å². The normalized spacial score (nSPS) is 26.2. The van der Waals surface area contributed by atoms with Gasteiger partial charge in [-0.05, 0) is 92.9 Å². The van der Waals surface area contributed by atoms with Crippen LogP contribution in [0.5, 0.6) is 5.75 Å². The van der Waals surface area contributed by atoms with Gasteiger partial charge in [0.15, 0.2) is 23.5 Å². The van der Waals surface area contributed by atoms with E-state index in [0.717, 1.165) is 0 Å². The van der Waals surface area contributed by atoms with Crippen LogP contribution in [0.4, 0.5) is 0 Å². The minimum atomic E-state index is -1.30. The second kappa shape index (κ2) is 30.1. The summed E-state index contributed by atoms with van der Waals surface area (Å²) in [6, 6.07) is -1.63. The van der Waals surface area contributed by atoms with Crippen molar-refractivity contribution in [3.8, 4) is 5.75 Å². The van der Waals surface area contributed by atoms with Gasteiger partial charge in [-0.2, -0.15) is 11.8 Å². The summed E-state index contributed by atoms with van der Waals surface area (Å²) < 4.78 is 0. The number of hydrogen-bond donors (Lipinski definition) is 12. The van der Waals surface area contributed by atoms with Crippen molar-refractivity contribution < 1.29 is 43.5 Å². The summed E-state index contributed by atoms with van der Waals surface area (Å²) in [4.78, 5) is 121. The zero-order chi connectivity index (χ0) is 53.7. The van der Waals surface area contributed by atoms with Gasteiger partial charge in [0.25, 0.3) is 0 Å². The van der Waals surface area contributed by atoms with Crippen LogP contribution in [0.1, 0.15) is 98.5 Å². The van der Waals surface area contributed by atoms with E-state index < -0.39 is 102 Å². The topological polar surface area (TPSA) is 373 Å². The Balaban J connectivity index is 2.16. The van der Waals surface area contributed by atoms with Gasteiger partial charge in [0.05, 0.1) is 18.6 Å². The summed E-state index contributed by atoms with van der Waals surface area (Å²) in [5.74, 6) is -6.92. The summed E-state index contributed by atoms with van der Waals surface area (Å²) in [6.45, 7) is 10.5. The third-order valence-corrected chi connectivity index (χ3v) is 13.3. The highest BCUT2D eigenvalue weighted by Crippen LogP contribution is 2.26. The van der Waals surface area contributed by atoms with Crippen LogP contribution in [0.25, 0.3) is 0 Å². The standard InChI is InChI=1S/C48H80N14O9S/c1-26(2)23-35-44(69)57-32(18-22-72-7)40(65)28(5)29(6)41(66)37-13-10-21-62(37)61-34(12-9-20-54-48(51)52)43(68)59-36(24-30-14-16-31(63)17-15-30)45(70)60-39(27(3)4)46(71)58-33(11-8-19-53-47(49)50)42(67)55-25-38(64)56-35/h14-17,26-29,32-37,39,61,63H,8-13,18-25H2,1-7H3,(H,55,67)(H,56,64)(H,57,69)(H,58,71)(H,59,68)(H,60,70)(H4,49,50,53)(H4,51,52,54)/t28?,29?,32-,33-,34-,35-,36-,37-,39-/m0/s1. The summed E-state index contributed by atoms with van der Waals surface area (Å²) >= 11 is 1.48. The van der Waals surface area contributed by atoms with E-state index >= 15 is 0 Å². The van der Waals surface area contributed by atoms with Crippen molar-refractivity contribution in [1.29, 1.82) is 0 Å². The number of carbonyl (C=O) groups excluding carboxylic acids is 8. The molecule has 16 N–H and O–H groups in total. The first kappa shape index (κ1) is 60.3. The highest BCUT2D eigenvalue weighted by molar-refractivity contribution is 7.98. The molecule has 24 heteroatoms. The first-order chi connectivity index (χ1) is 34.0. The maximum Gasteiger partial charge on any atom is 0.243 e. The Kier molecular flexibility index (Phi) is 25.2. The molecule has 402 valence electrons. The van der Waals surface area contributed by atoms with Crippen LogP contribution >= 0.6 is 11.8 Å². The van der Waals surface area contributed by atoms with Gasteiger partial charge in [0, 0.05) is 37.9 Å². The lowest BCUT2D eigenvalue weighted by Gasteiger charge is -2.33. The van der Waals surface area contributed by atoms with Crippen molar-refractivity contribution in [3.63, 3.8) is 0 Å². The molecule has 6 amide bonds. The van der Waals surface area contributed by atoms with Crippen LogP contribution in [-0.2, 0) is 44.8 Å². The quantitative estimate of drug-likeness (QED) is 0.0526. The lowest BCUT2D eigenvalue weighted by Crippen LogP contribution is -2.61. The number of ketones is 2. The number of carbonyl (C=O) groups is 8. The lowest BCUT2D eigenvalue weighted by molar-refractivity contribution is -0.138. The maximum absolute atomic E-state index is 14.6. The van der Waals surface area contributed by atoms with Crippen LogP contribution in [-0.4, -0.2) is 150 Å². The number of benzene rings is 1. The van der Waals surface area contributed by atoms with Crippen molar-refractivity contribution in [3.05, 3.63) is 29.8 Å². The number of phenols is 1. The predicted molar refractivity (Wildman–Crippen MR) is 277 cm³/mol. The van der Waals surface area contributed by atoms with E-state index in [2.05, 4.69) is 47.3 Å². The molecule has 2 fully saturated rings. The Bertz CT molecular complexity index is 2070.